The van der Waals surface area contributed by atoms with E-state index in [4.69, 9.17) is 9.47 Å². The molecule has 1 fully saturated rings. The van der Waals surface area contributed by atoms with Gasteiger partial charge >= 0.3 is 0 Å². The number of carbonyl (C=O) groups excluding carboxylic acids is 1. The van der Waals surface area contributed by atoms with Crippen molar-refractivity contribution >= 4 is 5.91 Å². The molecule has 0 unspecified atom stereocenters. The van der Waals surface area contributed by atoms with Gasteiger partial charge in [0, 0.05) is 45.3 Å². The maximum Gasteiger partial charge on any atom is 0.224 e. The number of nitrogens with zero attached hydrogens (tertiary/aromatic N) is 1. The highest BCUT2D eigenvalue weighted by Gasteiger charge is 2.21. The molecule has 5 heteroatoms. The zero-order chi connectivity index (χ0) is 13.9. The topological polar surface area (TPSA) is 50.8 Å². The van der Waals surface area contributed by atoms with Crippen LogP contribution in [0.4, 0.5) is 0 Å². The van der Waals surface area contributed by atoms with Gasteiger partial charge in [-0.1, -0.05) is 0 Å². The first kappa shape index (κ1) is 16.4. The molecule has 1 amide bonds. The zero-order valence-electron chi connectivity index (χ0n) is 12.3. The largest absolute Gasteiger partial charge is 0.380 e. The molecular formula is C14H28N2O3. The first-order chi connectivity index (χ1) is 9.27. The van der Waals surface area contributed by atoms with Crippen molar-refractivity contribution in [1.29, 1.82) is 0 Å². The van der Waals surface area contributed by atoms with Gasteiger partial charge in [-0.2, -0.15) is 0 Å². The third kappa shape index (κ3) is 8.18. The molecule has 0 saturated heterocycles. The quantitative estimate of drug-likeness (QED) is 0.539. The van der Waals surface area contributed by atoms with E-state index < -0.39 is 0 Å². The molecule has 1 aliphatic rings. The fourth-order valence-electron chi connectivity index (χ4n) is 1.83. The summed E-state index contributed by atoms with van der Waals surface area (Å²) in [5.41, 5.74) is 0. The normalized spacial score (nSPS) is 14.6. The molecule has 0 aliphatic heterocycles. The highest BCUT2D eigenvalue weighted by atomic mass is 16.5. The van der Waals surface area contributed by atoms with Crippen LogP contribution in [0, 0.1) is 0 Å². The predicted octanol–water partition coefficient (Wildman–Crippen LogP) is 1.03. The predicted molar refractivity (Wildman–Crippen MR) is 75.2 cm³/mol. The van der Waals surface area contributed by atoms with E-state index in [9.17, 15) is 4.79 Å². The smallest absolute Gasteiger partial charge is 0.224 e. The lowest BCUT2D eigenvalue weighted by Crippen LogP contribution is -2.38. The first-order valence-corrected chi connectivity index (χ1v) is 7.44. The second kappa shape index (κ2) is 10.2. The van der Waals surface area contributed by atoms with E-state index in [0.717, 1.165) is 6.54 Å². The molecule has 0 heterocycles. The Labute approximate surface area is 116 Å². The van der Waals surface area contributed by atoms with E-state index in [1.165, 1.54) is 12.8 Å². The van der Waals surface area contributed by atoms with Crippen LogP contribution in [0.2, 0.25) is 0 Å². The number of rotatable bonds is 12. The number of amides is 1. The van der Waals surface area contributed by atoms with Crippen LogP contribution in [0.15, 0.2) is 0 Å². The van der Waals surface area contributed by atoms with Gasteiger partial charge in [-0.25, -0.2) is 0 Å². The van der Waals surface area contributed by atoms with Gasteiger partial charge in [0.05, 0.1) is 13.2 Å². The third-order valence-electron chi connectivity index (χ3n) is 3.12. The summed E-state index contributed by atoms with van der Waals surface area (Å²) in [4.78, 5) is 14.0. The van der Waals surface area contributed by atoms with Gasteiger partial charge in [0.25, 0.3) is 0 Å². The lowest BCUT2D eigenvalue weighted by atomic mass is 10.3. The molecule has 0 radical (unpaired) electrons. The van der Waals surface area contributed by atoms with Crippen molar-refractivity contribution in [1.82, 2.24) is 10.2 Å². The van der Waals surface area contributed by atoms with Crippen LogP contribution in [0.1, 0.15) is 33.1 Å². The maximum absolute atomic E-state index is 12.1. The molecule has 0 atom stereocenters. The molecule has 0 aromatic rings. The van der Waals surface area contributed by atoms with Crippen LogP contribution in [0.25, 0.3) is 0 Å². The minimum Gasteiger partial charge on any atom is -0.380 e. The molecule has 5 nitrogen and oxygen atoms in total. The molecule has 1 saturated carbocycles. The Kier molecular flexibility index (Phi) is 8.79. The average molecular weight is 272 g/mol. The number of nitrogens with one attached hydrogen (secondary N) is 1. The van der Waals surface area contributed by atoms with E-state index in [0.29, 0.717) is 52.0 Å². The minimum atomic E-state index is 0.188. The van der Waals surface area contributed by atoms with Gasteiger partial charge < -0.3 is 19.7 Å². The molecule has 1 rings (SSSR count). The summed E-state index contributed by atoms with van der Waals surface area (Å²) in [7, 11) is 0. The van der Waals surface area contributed by atoms with Gasteiger partial charge in [-0.3, -0.25) is 4.79 Å². The van der Waals surface area contributed by atoms with Crippen molar-refractivity contribution in [2.75, 3.05) is 46.1 Å². The Morgan fingerprint density at radius 1 is 1.16 bits per heavy atom. The van der Waals surface area contributed by atoms with Crippen LogP contribution < -0.4 is 5.32 Å². The monoisotopic (exact) mass is 272 g/mol. The van der Waals surface area contributed by atoms with Crippen molar-refractivity contribution < 1.29 is 14.3 Å². The molecule has 0 bridgehead atoms. The third-order valence-corrected chi connectivity index (χ3v) is 3.12. The van der Waals surface area contributed by atoms with Crippen molar-refractivity contribution in [3.05, 3.63) is 0 Å². The molecule has 19 heavy (non-hydrogen) atoms. The lowest BCUT2D eigenvalue weighted by Gasteiger charge is -2.22. The number of hydrogen-bond donors (Lipinski definition) is 1. The van der Waals surface area contributed by atoms with E-state index in [-0.39, 0.29) is 5.91 Å². The highest BCUT2D eigenvalue weighted by Crippen LogP contribution is 2.18. The first-order valence-electron chi connectivity index (χ1n) is 7.44. The van der Waals surface area contributed by atoms with Crippen LogP contribution >= 0.6 is 0 Å². The highest BCUT2D eigenvalue weighted by molar-refractivity contribution is 5.76. The Morgan fingerprint density at radius 2 is 1.74 bits per heavy atom. The maximum atomic E-state index is 12.1. The Morgan fingerprint density at radius 3 is 2.21 bits per heavy atom. The van der Waals surface area contributed by atoms with E-state index in [1.807, 2.05) is 18.7 Å². The van der Waals surface area contributed by atoms with Gasteiger partial charge in [-0.15, -0.1) is 0 Å². The van der Waals surface area contributed by atoms with Crippen molar-refractivity contribution in [2.24, 2.45) is 0 Å². The second-order valence-electron chi connectivity index (χ2n) is 4.75. The van der Waals surface area contributed by atoms with E-state index >= 15 is 0 Å². The molecule has 0 spiro atoms. The van der Waals surface area contributed by atoms with Gasteiger partial charge in [-0.05, 0) is 26.7 Å². The van der Waals surface area contributed by atoms with Gasteiger partial charge in [0.2, 0.25) is 5.91 Å². The van der Waals surface area contributed by atoms with E-state index in [2.05, 4.69) is 5.32 Å². The molecule has 0 aromatic carbocycles. The minimum absolute atomic E-state index is 0.188. The standard InChI is InChI=1S/C14H28N2O3/c1-3-18-11-9-16(10-12-19-4-2)14(17)7-8-15-13-5-6-13/h13,15H,3-12H2,1-2H3. The summed E-state index contributed by atoms with van der Waals surface area (Å²) in [5, 5.41) is 3.37. The summed E-state index contributed by atoms with van der Waals surface area (Å²) in [6, 6.07) is 0.660. The number of ether oxygens (including phenoxy) is 2. The summed E-state index contributed by atoms with van der Waals surface area (Å²) < 4.78 is 10.6. The van der Waals surface area contributed by atoms with Gasteiger partial charge in [0.15, 0.2) is 0 Å². The molecule has 112 valence electrons. The Balaban J connectivity index is 2.20. The van der Waals surface area contributed by atoms with E-state index in [1.54, 1.807) is 0 Å². The fourth-order valence-corrected chi connectivity index (χ4v) is 1.83. The van der Waals surface area contributed by atoms with Crippen LogP contribution in [0.3, 0.4) is 0 Å². The molecule has 1 aliphatic carbocycles. The fraction of sp³-hybridized carbons (Fsp3) is 0.929. The Hall–Kier alpha value is -0.650. The van der Waals surface area contributed by atoms with Crippen molar-refractivity contribution in [2.45, 2.75) is 39.2 Å². The lowest BCUT2D eigenvalue weighted by molar-refractivity contribution is -0.132. The van der Waals surface area contributed by atoms with Crippen molar-refractivity contribution in [3.8, 4) is 0 Å². The van der Waals surface area contributed by atoms with Crippen LogP contribution in [-0.2, 0) is 14.3 Å². The van der Waals surface area contributed by atoms with Crippen molar-refractivity contribution in [3.63, 3.8) is 0 Å². The summed E-state index contributed by atoms with van der Waals surface area (Å²) in [6.45, 7) is 8.61. The number of carbonyl (C=O) groups is 1. The SMILES string of the molecule is CCOCCN(CCOCC)C(=O)CCNC1CC1. The Bertz CT molecular complexity index is 235. The second-order valence-corrected chi connectivity index (χ2v) is 4.75. The van der Waals surface area contributed by atoms with Crippen LogP contribution in [0.5, 0.6) is 0 Å². The summed E-state index contributed by atoms with van der Waals surface area (Å²) in [6.07, 6.45) is 3.08. The summed E-state index contributed by atoms with van der Waals surface area (Å²) >= 11 is 0. The molecule has 1 N–H and O–H groups in total. The van der Waals surface area contributed by atoms with Crippen LogP contribution in [-0.4, -0.2) is 62.9 Å². The zero-order valence-corrected chi connectivity index (χ0v) is 12.3. The van der Waals surface area contributed by atoms with Gasteiger partial charge in [0.1, 0.15) is 0 Å². The number of hydrogen-bond acceptors (Lipinski definition) is 4. The summed E-state index contributed by atoms with van der Waals surface area (Å²) in [5.74, 6) is 0.188. The molecule has 0 aromatic heterocycles. The average Bonchev–Trinajstić information content (AvgIpc) is 3.21. The molecular weight excluding hydrogens is 244 g/mol.